The maximum atomic E-state index is 13.3. The number of aromatic nitrogens is 1. The van der Waals surface area contributed by atoms with Crippen molar-refractivity contribution in [1.82, 2.24) is 14.4 Å². The van der Waals surface area contributed by atoms with Gasteiger partial charge in [-0.1, -0.05) is 23.7 Å². The molecule has 4 rings (SSSR count). The first-order valence-corrected chi connectivity index (χ1v) is 10.3. The molecule has 2 atom stereocenters. The third-order valence-electron chi connectivity index (χ3n) is 5.88. The summed E-state index contributed by atoms with van der Waals surface area (Å²) in [6.45, 7) is 6.32. The van der Waals surface area contributed by atoms with Crippen molar-refractivity contribution in [3.8, 4) is 0 Å². The van der Waals surface area contributed by atoms with Gasteiger partial charge in [0.25, 0.3) is 5.91 Å². The number of rotatable bonds is 3. The van der Waals surface area contributed by atoms with Gasteiger partial charge in [-0.05, 0) is 49.7 Å². The maximum absolute atomic E-state index is 13.3. The Labute approximate surface area is 175 Å². The number of amides is 1. The monoisotopic (exact) mass is 413 g/mol. The Bertz CT molecular complexity index is 1050. The van der Waals surface area contributed by atoms with Crippen molar-refractivity contribution >= 4 is 28.4 Å². The second-order valence-electron chi connectivity index (χ2n) is 8.03. The first-order chi connectivity index (χ1) is 13.8. The molecule has 0 radical (unpaired) electrons. The molecule has 1 amide bonds. The first-order valence-electron chi connectivity index (χ1n) is 9.87. The Kier molecular flexibility index (Phi) is 5.36. The van der Waals surface area contributed by atoms with Crippen LogP contribution in [0.1, 0.15) is 29.8 Å². The highest BCUT2D eigenvalue weighted by Gasteiger charge is 2.33. The van der Waals surface area contributed by atoms with E-state index in [0.29, 0.717) is 17.1 Å². The Morgan fingerprint density at radius 1 is 1.10 bits per heavy atom. The third-order valence-corrected chi connectivity index (χ3v) is 6.19. The van der Waals surface area contributed by atoms with E-state index >= 15 is 0 Å². The molecule has 2 aromatic carbocycles. The average molecular weight is 414 g/mol. The van der Waals surface area contributed by atoms with Crippen LogP contribution in [-0.4, -0.2) is 45.4 Å². The molecule has 0 bridgehead atoms. The SMILES string of the molecule is C[C@@H]1CN(Cc2ccc(F)cc2)[C@@H](C)CN1C(=O)c1cc2ccn(C)c2cc1Cl. The smallest absolute Gasteiger partial charge is 0.255 e. The van der Waals surface area contributed by atoms with Crippen LogP contribution in [0.5, 0.6) is 0 Å². The lowest BCUT2D eigenvalue weighted by Gasteiger charge is -2.44. The minimum absolute atomic E-state index is 0.0264. The van der Waals surface area contributed by atoms with Gasteiger partial charge in [-0.2, -0.15) is 0 Å². The number of carbonyl (C=O) groups is 1. The van der Waals surface area contributed by atoms with E-state index in [2.05, 4.69) is 18.7 Å². The molecule has 29 heavy (non-hydrogen) atoms. The molecule has 1 aromatic heterocycles. The Hall–Kier alpha value is -2.37. The zero-order valence-corrected chi connectivity index (χ0v) is 17.7. The van der Waals surface area contributed by atoms with Gasteiger partial charge in [0.1, 0.15) is 5.82 Å². The molecular formula is C23H25ClFN3O. The molecule has 4 nitrogen and oxygen atoms in total. The van der Waals surface area contributed by atoms with Gasteiger partial charge in [-0.15, -0.1) is 0 Å². The number of benzene rings is 2. The van der Waals surface area contributed by atoms with E-state index in [1.807, 2.05) is 53.0 Å². The fourth-order valence-electron chi connectivity index (χ4n) is 4.14. The summed E-state index contributed by atoms with van der Waals surface area (Å²) in [5.41, 5.74) is 2.64. The second-order valence-corrected chi connectivity index (χ2v) is 8.44. The van der Waals surface area contributed by atoms with Crippen LogP contribution in [-0.2, 0) is 13.6 Å². The predicted molar refractivity (Wildman–Crippen MR) is 115 cm³/mol. The van der Waals surface area contributed by atoms with Gasteiger partial charge >= 0.3 is 0 Å². The Balaban J connectivity index is 1.52. The molecule has 0 spiro atoms. The normalized spacial score (nSPS) is 20.4. The van der Waals surface area contributed by atoms with Crippen molar-refractivity contribution in [1.29, 1.82) is 0 Å². The Morgan fingerprint density at radius 3 is 2.55 bits per heavy atom. The largest absolute Gasteiger partial charge is 0.351 e. The minimum Gasteiger partial charge on any atom is -0.351 e. The zero-order valence-electron chi connectivity index (χ0n) is 16.9. The van der Waals surface area contributed by atoms with Crippen LogP contribution in [0.15, 0.2) is 48.7 Å². The summed E-state index contributed by atoms with van der Waals surface area (Å²) in [5.74, 6) is -0.251. The number of nitrogens with zero attached hydrogens (tertiary/aromatic N) is 3. The molecule has 1 aliphatic rings. The Morgan fingerprint density at radius 2 is 1.83 bits per heavy atom. The average Bonchev–Trinajstić information content (AvgIpc) is 3.05. The number of fused-ring (bicyclic) bond motifs is 1. The van der Waals surface area contributed by atoms with Crippen molar-refractivity contribution in [2.24, 2.45) is 7.05 Å². The number of hydrogen-bond acceptors (Lipinski definition) is 2. The summed E-state index contributed by atoms with van der Waals surface area (Å²) in [6, 6.07) is 12.6. The summed E-state index contributed by atoms with van der Waals surface area (Å²) in [5, 5.41) is 1.49. The van der Waals surface area contributed by atoms with Gasteiger partial charge in [0, 0.05) is 55.9 Å². The van der Waals surface area contributed by atoms with E-state index < -0.39 is 0 Å². The highest BCUT2D eigenvalue weighted by atomic mass is 35.5. The third kappa shape index (κ3) is 3.89. The van der Waals surface area contributed by atoms with E-state index in [-0.39, 0.29) is 23.8 Å². The molecule has 1 aliphatic heterocycles. The molecule has 0 unspecified atom stereocenters. The molecule has 0 saturated carbocycles. The number of aryl methyl sites for hydroxylation is 1. The fraction of sp³-hybridized carbons (Fsp3) is 0.348. The predicted octanol–water partition coefficient (Wildman–Crippen LogP) is 4.71. The van der Waals surface area contributed by atoms with Gasteiger partial charge in [0.15, 0.2) is 0 Å². The van der Waals surface area contributed by atoms with Crippen LogP contribution in [0, 0.1) is 5.82 Å². The maximum Gasteiger partial charge on any atom is 0.255 e. The standard InChI is InChI=1S/C23H25ClFN3O/c1-15-13-28(16(2)12-27(15)14-17-4-6-19(25)7-5-17)23(29)20-10-18-8-9-26(3)22(18)11-21(20)24/h4-11,15-16H,12-14H2,1-3H3/t15-,16+/m0/s1. The lowest BCUT2D eigenvalue weighted by atomic mass is 10.0. The molecule has 1 saturated heterocycles. The van der Waals surface area contributed by atoms with Gasteiger partial charge in [0.2, 0.25) is 0 Å². The van der Waals surface area contributed by atoms with Gasteiger partial charge in [-0.25, -0.2) is 4.39 Å². The van der Waals surface area contributed by atoms with Crippen molar-refractivity contribution < 1.29 is 9.18 Å². The topological polar surface area (TPSA) is 28.5 Å². The first kappa shape index (κ1) is 19.9. The summed E-state index contributed by atoms with van der Waals surface area (Å²) in [6.07, 6.45) is 1.97. The van der Waals surface area contributed by atoms with E-state index in [9.17, 15) is 9.18 Å². The molecule has 1 fully saturated rings. The van der Waals surface area contributed by atoms with E-state index in [1.165, 1.54) is 12.1 Å². The number of halogens is 2. The zero-order chi connectivity index (χ0) is 20.7. The molecule has 0 N–H and O–H groups in total. The van der Waals surface area contributed by atoms with Crippen molar-refractivity contribution in [2.75, 3.05) is 13.1 Å². The number of hydrogen-bond donors (Lipinski definition) is 0. The van der Waals surface area contributed by atoms with Crippen LogP contribution < -0.4 is 0 Å². The van der Waals surface area contributed by atoms with Gasteiger partial charge in [-0.3, -0.25) is 9.69 Å². The van der Waals surface area contributed by atoms with Gasteiger partial charge in [0.05, 0.1) is 10.6 Å². The van der Waals surface area contributed by atoms with Crippen LogP contribution in [0.3, 0.4) is 0 Å². The van der Waals surface area contributed by atoms with E-state index in [4.69, 9.17) is 11.6 Å². The highest BCUT2D eigenvalue weighted by Crippen LogP contribution is 2.28. The van der Waals surface area contributed by atoms with Crippen LogP contribution in [0.4, 0.5) is 4.39 Å². The van der Waals surface area contributed by atoms with Crippen LogP contribution >= 0.6 is 11.6 Å². The highest BCUT2D eigenvalue weighted by molar-refractivity contribution is 6.34. The fourth-order valence-corrected chi connectivity index (χ4v) is 4.37. The summed E-state index contributed by atoms with van der Waals surface area (Å²) in [4.78, 5) is 17.6. The molecule has 152 valence electrons. The van der Waals surface area contributed by atoms with Crippen molar-refractivity contribution in [2.45, 2.75) is 32.5 Å². The van der Waals surface area contributed by atoms with E-state index in [0.717, 1.165) is 29.6 Å². The van der Waals surface area contributed by atoms with Crippen LogP contribution in [0.25, 0.3) is 10.9 Å². The van der Waals surface area contributed by atoms with Crippen molar-refractivity contribution in [3.05, 3.63) is 70.6 Å². The van der Waals surface area contributed by atoms with Crippen LogP contribution in [0.2, 0.25) is 5.02 Å². The molecule has 3 aromatic rings. The number of carbonyl (C=O) groups excluding carboxylic acids is 1. The second kappa shape index (κ2) is 7.81. The van der Waals surface area contributed by atoms with Gasteiger partial charge < -0.3 is 9.47 Å². The summed E-state index contributed by atoms with van der Waals surface area (Å²) >= 11 is 6.48. The summed E-state index contributed by atoms with van der Waals surface area (Å²) < 4.78 is 15.2. The molecule has 2 heterocycles. The molecular weight excluding hydrogens is 389 g/mol. The lowest BCUT2D eigenvalue weighted by Crippen LogP contribution is -2.57. The van der Waals surface area contributed by atoms with E-state index in [1.54, 1.807) is 0 Å². The number of piperazine rings is 1. The van der Waals surface area contributed by atoms with Crippen molar-refractivity contribution in [3.63, 3.8) is 0 Å². The molecule has 6 heteroatoms. The summed E-state index contributed by atoms with van der Waals surface area (Å²) in [7, 11) is 1.96. The quantitative estimate of drug-likeness (QED) is 0.622. The lowest BCUT2D eigenvalue weighted by molar-refractivity contribution is 0.0291. The molecule has 0 aliphatic carbocycles. The minimum atomic E-state index is -0.224.